The first-order valence-corrected chi connectivity index (χ1v) is 18.9. The first-order chi connectivity index (χ1) is 25.1. The summed E-state index contributed by atoms with van der Waals surface area (Å²) in [6, 6.07) is 13.7. The molecular formula is C44H48N4O4. The highest BCUT2D eigenvalue weighted by molar-refractivity contribution is 5.93. The van der Waals surface area contributed by atoms with Gasteiger partial charge in [-0.15, -0.1) is 0 Å². The fraction of sp³-hybridized carbons (Fsp3) is 0.409. The molecule has 2 unspecified atom stereocenters. The van der Waals surface area contributed by atoms with Crippen LogP contribution in [0.3, 0.4) is 0 Å². The van der Waals surface area contributed by atoms with Crippen molar-refractivity contribution in [3.05, 3.63) is 118 Å². The molecule has 2 atom stereocenters. The molecule has 4 aromatic rings. The smallest absolute Gasteiger partial charge is 0.338 e. The quantitative estimate of drug-likeness (QED) is 0.122. The Morgan fingerprint density at radius 2 is 1.15 bits per heavy atom. The molecule has 8 heteroatoms. The van der Waals surface area contributed by atoms with E-state index in [-0.39, 0.29) is 22.9 Å². The number of nitrogens with zero attached hydrogens (tertiary/aromatic N) is 4. The van der Waals surface area contributed by atoms with Gasteiger partial charge in [0.05, 0.1) is 0 Å². The lowest BCUT2D eigenvalue weighted by Gasteiger charge is -2.46. The highest BCUT2D eigenvalue weighted by atomic mass is 16.6. The van der Waals surface area contributed by atoms with E-state index in [4.69, 9.17) is 9.47 Å². The molecule has 52 heavy (non-hydrogen) atoms. The van der Waals surface area contributed by atoms with Crippen LogP contribution >= 0.6 is 0 Å². The number of rotatable bonds is 10. The van der Waals surface area contributed by atoms with E-state index in [1.807, 2.05) is 21.5 Å². The van der Waals surface area contributed by atoms with Crippen molar-refractivity contribution in [3.8, 4) is 12.0 Å². The minimum Gasteiger partial charge on any atom is -0.389 e. The Morgan fingerprint density at radius 3 is 1.58 bits per heavy atom. The molecule has 0 saturated heterocycles. The number of benzene rings is 2. The van der Waals surface area contributed by atoms with E-state index in [1.165, 1.54) is 70.2 Å². The van der Waals surface area contributed by atoms with Crippen LogP contribution in [-0.4, -0.2) is 31.0 Å². The zero-order valence-corrected chi connectivity index (χ0v) is 30.7. The molecule has 268 valence electrons. The molecule has 2 aromatic carbocycles. The lowest BCUT2D eigenvalue weighted by atomic mass is 9.58. The SMILES string of the molecule is CC(C)C12CCCc3cccc(c31)C=C(Cn1ccnc1OC(=O)/C=C\C(=O)Oc1nccn1CC1=Cc3cccc4c3C(C(C)C)(CCC4)C1)C2. The third-order valence-corrected chi connectivity index (χ3v) is 12.4. The first kappa shape index (κ1) is 34.1. The maximum Gasteiger partial charge on any atom is 0.338 e. The number of imidazole rings is 2. The Balaban J connectivity index is 0.919. The summed E-state index contributed by atoms with van der Waals surface area (Å²) in [6.45, 7) is 10.5. The molecule has 8 rings (SSSR count). The molecule has 8 nitrogen and oxygen atoms in total. The largest absolute Gasteiger partial charge is 0.389 e. The van der Waals surface area contributed by atoms with Gasteiger partial charge in [-0.3, -0.25) is 9.13 Å². The lowest BCUT2D eigenvalue weighted by Crippen LogP contribution is -2.39. The second kappa shape index (κ2) is 13.5. The monoisotopic (exact) mass is 696 g/mol. The Kier molecular flexibility index (Phi) is 8.88. The number of hydrogen-bond acceptors (Lipinski definition) is 6. The topological polar surface area (TPSA) is 88.2 Å². The summed E-state index contributed by atoms with van der Waals surface area (Å²) < 4.78 is 14.9. The molecule has 0 spiro atoms. The van der Waals surface area contributed by atoms with Crippen LogP contribution in [-0.2, 0) is 46.4 Å². The third-order valence-electron chi connectivity index (χ3n) is 12.4. The predicted molar refractivity (Wildman–Crippen MR) is 202 cm³/mol. The molecule has 0 N–H and O–H groups in total. The Morgan fingerprint density at radius 1 is 0.712 bits per heavy atom. The number of aromatic nitrogens is 4. The maximum atomic E-state index is 12.9. The molecule has 0 bridgehead atoms. The van der Waals surface area contributed by atoms with Gasteiger partial charge in [-0.1, -0.05) is 76.2 Å². The maximum absolute atomic E-state index is 12.9. The molecule has 0 amide bonds. The highest BCUT2D eigenvalue weighted by Crippen LogP contribution is 2.53. The minimum absolute atomic E-state index is 0.109. The van der Waals surface area contributed by atoms with Gasteiger partial charge in [0, 0.05) is 60.9 Å². The van der Waals surface area contributed by atoms with Gasteiger partial charge in [0.1, 0.15) is 0 Å². The Labute approximate surface area is 306 Å². The van der Waals surface area contributed by atoms with Gasteiger partial charge in [-0.25, -0.2) is 19.6 Å². The fourth-order valence-corrected chi connectivity index (χ4v) is 9.89. The fourth-order valence-electron chi connectivity index (χ4n) is 9.89. The molecule has 2 heterocycles. The van der Waals surface area contributed by atoms with Crippen LogP contribution in [0.25, 0.3) is 12.2 Å². The first-order valence-electron chi connectivity index (χ1n) is 18.9. The van der Waals surface area contributed by atoms with Crippen molar-refractivity contribution >= 4 is 24.1 Å². The van der Waals surface area contributed by atoms with Gasteiger partial charge < -0.3 is 9.47 Å². The van der Waals surface area contributed by atoms with E-state index in [0.29, 0.717) is 24.9 Å². The van der Waals surface area contributed by atoms with Crippen LogP contribution < -0.4 is 9.47 Å². The second-order valence-electron chi connectivity index (χ2n) is 15.9. The number of allylic oxidation sites excluding steroid dienone is 2. The molecule has 4 aliphatic rings. The van der Waals surface area contributed by atoms with E-state index in [9.17, 15) is 9.59 Å². The molecule has 0 saturated carbocycles. The van der Waals surface area contributed by atoms with Crippen LogP contribution in [0.5, 0.6) is 12.0 Å². The van der Waals surface area contributed by atoms with Crippen molar-refractivity contribution in [1.29, 1.82) is 0 Å². The number of aryl methyl sites for hydroxylation is 2. The van der Waals surface area contributed by atoms with Crippen LogP contribution in [0.1, 0.15) is 99.6 Å². The van der Waals surface area contributed by atoms with Crippen molar-refractivity contribution in [2.75, 3.05) is 0 Å². The molecule has 0 radical (unpaired) electrons. The van der Waals surface area contributed by atoms with Crippen molar-refractivity contribution in [3.63, 3.8) is 0 Å². The standard InChI is InChI=1S/C44H48N4O4/c1-29(2)43-17-7-13-33-9-5-11-35(39(33)43)23-31(25-43)27-47-21-19-45-41(47)51-37(49)15-16-38(50)52-42-46-20-22-48(42)28-32-24-36-12-6-10-34-14-8-18-44(26-32,30(3)4)40(34)36/h5-6,9-12,15-16,19-24,29-30H,7-8,13-14,17-18,25-28H2,1-4H3/b16-15-. The predicted octanol–water partition coefficient (Wildman–Crippen LogP) is 8.58. The summed E-state index contributed by atoms with van der Waals surface area (Å²) in [6.07, 6.45) is 22.6. The molecule has 0 aliphatic heterocycles. The number of carbonyl (C=O) groups is 2. The van der Waals surface area contributed by atoms with Crippen LogP contribution in [0.15, 0.2) is 84.5 Å². The number of esters is 2. The van der Waals surface area contributed by atoms with Crippen LogP contribution in [0, 0.1) is 11.8 Å². The summed E-state index contributed by atoms with van der Waals surface area (Å²) in [5, 5.41) is 0. The molecule has 2 aromatic heterocycles. The zero-order chi connectivity index (χ0) is 36.0. The second-order valence-corrected chi connectivity index (χ2v) is 15.9. The Bertz CT molecular complexity index is 1980. The summed E-state index contributed by atoms with van der Waals surface area (Å²) >= 11 is 0. The summed E-state index contributed by atoms with van der Waals surface area (Å²) in [4.78, 5) is 34.4. The normalized spacial score (nSPS) is 21.8. The highest BCUT2D eigenvalue weighted by Gasteiger charge is 2.44. The van der Waals surface area contributed by atoms with Crippen molar-refractivity contribution < 1.29 is 19.1 Å². The summed E-state index contributed by atoms with van der Waals surface area (Å²) in [5.41, 5.74) is 11.4. The number of ether oxygens (including phenoxy) is 2. The van der Waals surface area contributed by atoms with E-state index in [0.717, 1.165) is 37.8 Å². The average Bonchev–Trinajstić information content (AvgIpc) is 3.75. The molecular weight excluding hydrogens is 649 g/mol. The van der Waals surface area contributed by atoms with E-state index in [2.05, 4.69) is 86.2 Å². The number of carbonyl (C=O) groups excluding carboxylic acids is 2. The van der Waals surface area contributed by atoms with Gasteiger partial charge in [0.15, 0.2) is 0 Å². The van der Waals surface area contributed by atoms with E-state index in [1.54, 1.807) is 12.4 Å². The van der Waals surface area contributed by atoms with Gasteiger partial charge in [0.25, 0.3) is 0 Å². The van der Waals surface area contributed by atoms with Crippen LogP contribution in [0.4, 0.5) is 0 Å². The van der Waals surface area contributed by atoms with Gasteiger partial charge >= 0.3 is 24.0 Å². The van der Waals surface area contributed by atoms with Crippen molar-refractivity contribution in [2.24, 2.45) is 11.8 Å². The van der Waals surface area contributed by atoms with Gasteiger partial charge in [-0.2, -0.15) is 0 Å². The third kappa shape index (κ3) is 6.06. The minimum atomic E-state index is -0.705. The Hall–Kier alpha value is -4.98. The molecule has 0 fully saturated rings. The van der Waals surface area contributed by atoms with E-state index < -0.39 is 11.9 Å². The van der Waals surface area contributed by atoms with Crippen molar-refractivity contribution in [2.45, 2.75) is 103 Å². The average molecular weight is 697 g/mol. The van der Waals surface area contributed by atoms with Crippen LogP contribution in [0.2, 0.25) is 0 Å². The summed E-state index contributed by atoms with van der Waals surface area (Å²) in [5.74, 6) is -0.414. The van der Waals surface area contributed by atoms with Gasteiger partial charge in [0.2, 0.25) is 0 Å². The lowest BCUT2D eigenvalue weighted by molar-refractivity contribution is -0.132. The van der Waals surface area contributed by atoms with Gasteiger partial charge in [-0.05, 0) is 108 Å². The molecule has 4 aliphatic carbocycles. The van der Waals surface area contributed by atoms with E-state index >= 15 is 0 Å². The van der Waals surface area contributed by atoms with Crippen molar-refractivity contribution in [1.82, 2.24) is 19.1 Å². The zero-order valence-electron chi connectivity index (χ0n) is 30.7. The summed E-state index contributed by atoms with van der Waals surface area (Å²) in [7, 11) is 0. The number of hydrogen-bond donors (Lipinski definition) is 0.